The molecular weight excluding hydrogens is 328 g/mol. The van der Waals surface area contributed by atoms with Crippen LogP contribution in [-0.4, -0.2) is 55.4 Å². The first-order valence-corrected chi connectivity index (χ1v) is 9.58. The van der Waals surface area contributed by atoms with E-state index in [0.29, 0.717) is 12.8 Å². The van der Waals surface area contributed by atoms with Crippen LogP contribution in [-0.2, 0) is 16.0 Å². The van der Waals surface area contributed by atoms with Crippen LogP contribution < -0.4 is 4.74 Å². The van der Waals surface area contributed by atoms with E-state index in [1.54, 1.807) is 7.11 Å². The molecule has 0 aromatic heterocycles. The molecule has 26 heavy (non-hydrogen) atoms. The molecule has 2 atom stereocenters. The second-order valence-electron chi connectivity index (χ2n) is 7.88. The Morgan fingerprint density at radius 2 is 2.19 bits per heavy atom. The third kappa shape index (κ3) is 3.71. The van der Waals surface area contributed by atoms with Gasteiger partial charge in [-0.2, -0.15) is 0 Å². The maximum atomic E-state index is 12.7. The fourth-order valence-electron chi connectivity index (χ4n) is 4.82. The number of rotatable bonds is 6. The Morgan fingerprint density at radius 3 is 2.96 bits per heavy atom. The van der Waals surface area contributed by atoms with Gasteiger partial charge in [-0.1, -0.05) is 18.6 Å². The predicted octanol–water partition coefficient (Wildman–Crippen LogP) is 2.88. The molecule has 0 spiro atoms. The molecule has 1 aromatic rings. The first-order chi connectivity index (χ1) is 12.4. The zero-order chi connectivity index (χ0) is 18.7. The van der Waals surface area contributed by atoms with E-state index in [1.807, 2.05) is 48.2 Å². The number of fused-ring (bicyclic) bond motifs is 1. The van der Waals surface area contributed by atoms with Gasteiger partial charge in [0.1, 0.15) is 5.75 Å². The summed E-state index contributed by atoms with van der Waals surface area (Å²) in [7, 11) is 5.49. The third-order valence-electron chi connectivity index (χ3n) is 6.30. The Morgan fingerprint density at radius 1 is 1.38 bits per heavy atom. The lowest BCUT2D eigenvalue weighted by Gasteiger charge is -2.46. The van der Waals surface area contributed by atoms with Crippen LogP contribution in [0.5, 0.6) is 5.75 Å². The number of ether oxygens (including phenoxy) is 1. The highest BCUT2D eigenvalue weighted by atomic mass is 16.5. The maximum Gasteiger partial charge on any atom is 0.222 e. The highest BCUT2D eigenvalue weighted by Gasteiger charge is 2.49. The van der Waals surface area contributed by atoms with Crippen molar-refractivity contribution >= 4 is 11.8 Å². The van der Waals surface area contributed by atoms with Gasteiger partial charge in [-0.15, -0.1) is 0 Å². The van der Waals surface area contributed by atoms with Crippen molar-refractivity contribution in [3.05, 3.63) is 29.8 Å². The lowest BCUT2D eigenvalue weighted by atomic mass is 9.74. The van der Waals surface area contributed by atoms with Gasteiger partial charge >= 0.3 is 0 Å². The molecule has 5 nitrogen and oxygen atoms in total. The van der Waals surface area contributed by atoms with E-state index in [0.717, 1.165) is 50.0 Å². The average molecular weight is 358 g/mol. The molecule has 1 aliphatic heterocycles. The Hall–Kier alpha value is -2.04. The van der Waals surface area contributed by atoms with E-state index in [1.165, 1.54) is 0 Å². The van der Waals surface area contributed by atoms with Gasteiger partial charge in [0.2, 0.25) is 11.8 Å². The second-order valence-corrected chi connectivity index (χ2v) is 7.88. The van der Waals surface area contributed by atoms with Crippen molar-refractivity contribution in [2.75, 3.05) is 27.7 Å². The lowest BCUT2D eigenvalue weighted by Crippen LogP contribution is -2.54. The number of carbonyl (C=O) groups is 2. The van der Waals surface area contributed by atoms with Crippen molar-refractivity contribution in [2.24, 2.45) is 5.41 Å². The molecule has 1 heterocycles. The third-order valence-corrected chi connectivity index (χ3v) is 6.30. The molecule has 0 N–H and O–H groups in total. The smallest absolute Gasteiger partial charge is 0.222 e. The van der Waals surface area contributed by atoms with Gasteiger partial charge in [-0.05, 0) is 43.4 Å². The minimum absolute atomic E-state index is 0.0863. The molecule has 2 amide bonds. The summed E-state index contributed by atoms with van der Waals surface area (Å²) >= 11 is 0. The molecule has 2 aliphatic rings. The molecule has 142 valence electrons. The molecule has 2 fully saturated rings. The van der Waals surface area contributed by atoms with E-state index in [9.17, 15) is 9.59 Å². The number of nitrogens with zero attached hydrogens (tertiary/aromatic N) is 2. The SMILES string of the molecule is COc1cccc(CCC(=O)N(C)C[C@@]23CCC[C@H]2N(C)C(=O)CC3)c1. The Balaban J connectivity index is 1.59. The molecule has 1 aliphatic carbocycles. The molecule has 0 bridgehead atoms. The van der Waals surface area contributed by atoms with Crippen LogP contribution in [0.2, 0.25) is 0 Å². The first kappa shape index (κ1) is 18.7. The molecule has 0 radical (unpaired) electrons. The number of likely N-dealkylation sites (tertiary alicyclic amines) is 1. The summed E-state index contributed by atoms with van der Waals surface area (Å²) in [6, 6.07) is 8.18. The van der Waals surface area contributed by atoms with Crippen LogP contribution in [0.1, 0.15) is 44.1 Å². The van der Waals surface area contributed by atoms with Crippen LogP contribution in [0.3, 0.4) is 0 Å². The fraction of sp³-hybridized carbons (Fsp3) is 0.619. The highest BCUT2D eigenvalue weighted by molar-refractivity contribution is 5.78. The van der Waals surface area contributed by atoms with Gasteiger partial charge in [-0.25, -0.2) is 0 Å². The quantitative estimate of drug-likeness (QED) is 0.786. The summed E-state index contributed by atoms with van der Waals surface area (Å²) in [5.41, 5.74) is 1.20. The zero-order valence-electron chi connectivity index (χ0n) is 16.2. The van der Waals surface area contributed by atoms with E-state index in [4.69, 9.17) is 4.74 Å². The van der Waals surface area contributed by atoms with E-state index >= 15 is 0 Å². The molecule has 1 saturated carbocycles. The predicted molar refractivity (Wildman–Crippen MR) is 101 cm³/mol. The summed E-state index contributed by atoms with van der Waals surface area (Å²) in [5.74, 6) is 1.25. The lowest BCUT2D eigenvalue weighted by molar-refractivity contribution is -0.142. The zero-order valence-corrected chi connectivity index (χ0v) is 16.2. The van der Waals surface area contributed by atoms with Crippen molar-refractivity contribution in [2.45, 2.75) is 51.0 Å². The monoisotopic (exact) mass is 358 g/mol. The molecule has 1 aromatic carbocycles. The number of methoxy groups -OCH3 is 1. The minimum Gasteiger partial charge on any atom is -0.497 e. The molecule has 1 saturated heterocycles. The number of hydrogen-bond donors (Lipinski definition) is 0. The molecular formula is C21H30N2O3. The Bertz CT molecular complexity index is 675. The number of amides is 2. The van der Waals surface area contributed by atoms with Crippen LogP contribution in [0.15, 0.2) is 24.3 Å². The second kappa shape index (κ2) is 7.68. The largest absolute Gasteiger partial charge is 0.497 e. The van der Waals surface area contributed by atoms with Crippen LogP contribution >= 0.6 is 0 Å². The van der Waals surface area contributed by atoms with Gasteiger partial charge < -0.3 is 14.5 Å². The van der Waals surface area contributed by atoms with E-state index < -0.39 is 0 Å². The maximum absolute atomic E-state index is 12.7. The van der Waals surface area contributed by atoms with Crippen molar-refractivity contribution in [3.8, 4) is 5.75 Å². The number of piperidine rings is 1. The molecule has 0 unspecified atom stereocenters. The first-order valence-electron chi connectivity index (χ1n) is 9.58. The molecule has 5 heteroatoms. The van der Waals surface area contributed by atoms with Crippen molar-refractivity contribution in [3.63, 3.8) is 0 Å². The number of aryl methyl sites for hydroxylation is 1. The van der Waals surface area contributed by atoms with E-state index in [-0.39, 0.29) is 23.3 Å². The van der Waals surface area contributed by atoms with Crippen LogP contribution in [0.4, 0.5) is 0 Å². The fourth-order valence-corrected chi connectivity index (χ4v) is 4.82. The standard InChI is InChI=1S/C21H30N2O3/c1-22(19(24)10-9-16-6-4-7-17(14-16)26-3)15-21-12-5-8-18(21)23(2)20(25)11-13-21/h4,6-7,14,18H,5,8-13,15H2,1-3H3/t18-,21+/m1/s1. The minimum atomic E-state index is 0.0863. The summed E-state index contributed by atoms with van der Waals surface area (Å²) in [6.45, 7) is 0.756. The summed E-state index contributed by atoms with van der Waals surface area (Å²) < 4.78 is 5.25. The van der Waals surface area contributed by atoms with Gasteiger partial charge in [-0.3, -0.25) is 9.59 Å². The summed E-state index contributed by atoms with van der Waals surface area (Å²) in [4.78, 5) is 28.6. The average Bonchev–Trinajstić information content (AvgIpc) is 3.07. The topological polar surface area (TPSA) is 49.9 Å². The van der Waals surface area contributed by atoms with Crippen molar-refractivity contribution in [1.82, 2.24) is 9.80 Å². The number of carbonyl (C=O) groups excluding carboxylic acids is 2. The van der Waals surface area contributed by atoms with Gasteiger partial charge in [0.05, 0.1) is 7.11 Å². The van der Waals surface area contributed by atoms with Crippen molar-refractivity contribution in [1.29, 1.82) is 0 Å². The molecule has 3 rings (SSSR count). The number of benzene rings is 1. The number of hydrogen-bond acceptors (Lipinski definition) is 3. The summed E-state index contributed by atoms with van der Waals surface area (Å²) in [5, 5.41) is 0. The van der Waals surface area contributed by atoms with Gasteiger partial charge in [0.25, 0.3) is 0 Å². The normalized spacial score (nSPS) is 25.1. The van der Waals surface area contributed by atoms with Gasteiger partial charge in [0, 0.05) is 44.9 Å². The summed E-state index contributed by atoms with van der Waals surface area (Å²) in [6.07, 6.45) is 6.06. The van der Waals surface area contributed by atoms with Crippen molar-refractivity contribution < 1.29 is 14.3 Å². The Kier molecular flexibility index (Phi) is 5.54. The van der Waals surface area contributed by atoms with Gasteiger partial charge in [0.15, 0.2) is 0 Å². The van der Waals surface area contributed by atoms with Crippen LogP contribution in [0, 0.1) is 5.41 Å². The Labute approximate surface area is 156 Å². The highest BCUT2D eigenvalue weighted by Crippen LogP contribution is 2.48. The van der Waals surface area contributed by atoms with E-state index in [2.05, 4.69) is 0 Å². The van der Waals surface area contributed by atoms with Crippen LogP contribution in [0.25, 0.3) is 0 Å².